The molecule has 4 rings (SSSR count). The van der Waals surface area contributed by atoms with E-state index in [1.54, 1.807) is 0 Å². The summed E-state index contributed by atoms with van der Waals surface area (Å²) in [6.45, 7) is 2.25. The first kappa shape index (κ1) is 19.6. The number of hydrogen-bond donors (Lipinski definition) is 0. The normalized spacial score (nSPS) is 16.4. The summed E-state index contributed by atoms with van der Waals surface area (Å²) in [5.74, 6) is 0. The maximum atomic E-state index is 4.55. The Labute approximate surface area is 177 Å². The van der Waals surface area contributed by atoms with Crippen molar-refractivity contribution in [2.75, 3.05) is 24.8 Å². The number of benzene rings is 3. The molecule has 0 radical (unpaired) electrons. The molecule has 4 heteroatoms. The number of para-hydroxylation sites is 1. The van der Waals surface area contributed by atoms with Gasteiger partial charge in [-0.25, -0.2) is 0 Å². The summed E-state index contributed by atoms with van der Waals surface area (Å²) < 4.78 is 5.31. The third-order valence-corrected chi connectivity index (χ3v) is 16.0. The fourth-order valence-corrected chi connectivity index (χ4v) is 12.5. The van der Waals surface area contributed by atoms with E-state index in [1.165, 1.54) is 29.4 Å². The van der Waals surface area contributed by atoms with Crippen LogP contribution in [0.1, 0.15) is 18.4 Å². The molecule has 1 fully saturated rings. The van der Waals surface area contributed by atoms with Crippen molar-refractivity contribution in [2.45, 2.75) is 19.0 Å². The van der Waals surface area contributed by atoms with Gasteiger partial charge in [0.25, 0.3) is 0 Å². The monoisotopic (exact) mass is 454 g/mol. The average Bonchev–Trinajstić information content (AvgIpc) is 3.31. The van der Waals surface area contributed by atoms with E-state index in [-0.39, 0.29) is 0 Å². The predicted octanol–water partition coefficient (Wildman–Crippen LogP) is 6.44. The van der Waals surface area contributed by atoms with Gasteiger partial charge in [-0.3, -0.25) is 0 Å². The van der Waals surface area contributed by atoms with Gasteiger partial charge in [0.2, 0.25) is 0 Å². The van der Waals surface area contributed by atoms with Crippen LogP contribution in [0.25, 0.3) is 0 Å². The second kappa shape index (κ2) is 7.99. The fourth-order valence-electron chi connectivity index (χ4n) is 4.44. The van der Waals surface area contributed by atoms with Crippen LogP contribution < -0.4 is 9.97 Å². The molecule has 0 aromatic heterocycles. The Morgan fingerprint density at radius 3 is 1.86 bits per heavy atom. The van der Waals surface area contributed by atoms with E-state index in [0.717, 1.165) is 19.3 Å². The Hall–Kier alpha value is -1.67. The molecule has 0 atom stereocenters. The minimum atomic E-state index is -2.86. The van der Waals surface area contributed by atoms with E-state index >= 15 is 0 Å². The van der Waals surface area contributed by atoms with Crippen LogP contribution in [0.3, 0.4) is 0 Å². The molecule has 0 amide bonds. The molecule has 28 heavy (non-hydrogen) atoms. The van der Waals surface area contributed by atoms with Gasteiger partial charge >= 0.3 is 177 Å². The zero-order valence-electron chi connectivity index (χ0n) is 16.4. The van der Waals surface area contributed by atoms with Crippen LogP contribution in [0, 0.1) is 0 Å². The van der Waals surface area contributed by atoms with Gasteiger partial charge in [-0.05, 0) is 0 Å². The van der Waals surface area contributed by atoms with Crippen LogP contribution >= 0.6 is 21.1 Å². The van der Waals surface area contributed by atoms with Crippen molar-refractivity contribution in [2.24, 2.45) is 0 Å². The topological polar surface area (TPSA) is 6.48 Å². The quantitative estimate of drug-likeness (QED) is 0.395. The molecule has 1 saturated heterocycles. The summed E-state index contributed by atoms with van der Waals surface area (Å²) in [5, 5.41) is 1.39. The van der Waals surface area contributed by atoms with Gasteiger partial charge in [0, 0.05) is 0 Å². The zero-order chi connectivity index (χ0) is 19.5. The second-order valence-corrected chi connectivity index (χ2v) is 16.2. The average molecular weight is 455 g/mol. The summed E-state index contributed by atoms with van der Waals surface area (Å²) in [4.78, 5) is 0. The first-order valence-electron chi connectivity index (χ1n) is 10.00. The van der Waals surface area contributed by atoms with Crippen molar-refractivity contribution in [3.63, 3.8) is 0 Å². The van der Waals surface area contributed by atoms with Crippen molar-refractivity contribution in [1.29, 1.82) is 0 Å². The van der Waals surface area contributed by atoms with E-state index in [4.69, 9.17) is 0 Å². The van der Waals surface area contributed by atoms with E-state index in [9.17, 15) is 0 Å². The van der Waals surface area contributed by atoms with Gasteiger partial charge in [-0.15, -0.1) is 0 Å². The molecule has 0 bridgehead atoms. The van der Waals surface area contributed by atoms with Gasteiger partial charge < -0.3 is 0 Å². The van der Waals surface area contributed by atoms with Gasteiger partial charge in [-0.1, -0.05) is 0 Å². The first-order valence-corrected chi connectivity index (χ1v) is 14.3. The maximum absolute atomic E-state index is 4.55. The van der Waals surface area contributed by atoms with Gasteiger partial charge in [0.1, 0.15) is 0 Å². The van der Waals surface area contributed by atoms with Crippen molar-refractivity contribution in [3.05, 3.63) is 96.6 Å². The molecule has 2 nitrogen and oxygen atoms in total. The molecule has 0 aliphatic carbocycles. The van der Waals surface area contributed by atoms with Crippen LogP contribution in [0.5, 0.6) is 0 Å². The SMILES string of the molecule is CN(c1ccccc1)P(Br)(Cc1ccccc1)(c1ccccc1)N1CCCC1. The molecule has 146 valence electrons. The molecular formula is C24H28BrN2P. The molecule has 0 saturated carbocycles. The Morgan fingerprint density at radius 2 is 1.29 bits per heavy atom. The Morgan fingerprint density at radius 1 is 0.786 bits per heavy atom. The van der Waals surface area contributed by atoms with Crippen molar-refractivity contribution in [1.82, 2.24) is 4.67 Å². The van der Waals surface area contributed by atoms with E-state index in [2.05, 4.69) is 123 Å². The Kier molecular flexibility index (Phi) is 5.60. The van der Waals surface area contributed by atoms with Crippen LogP contribution in [0.2, 0.25) is 0 Å². The molecule has 1 aliphatic heterocycles. The molecule has 0 spiro atoms. The molecule has 1 aliphatic rings. The number of nitrogens with zero attached hydrogens (tertiary/aromatic N) is 2. The van der Waals surface area contributed by atoms with Crippen LogP contribution in [-0.4, -0.2) is 24.8 Å². The summed E-state index contributed by atoms with van der Waals surface area (Å²) in [5.41, 5.74) is -0.236. The van der Waals surface area contributed by atoms with E-state index in [1.807, 2.05) is 0 Å². The summed E-state index contributed by atoms with van der Waals surface area (Å²) in [7, 11) is 2.27. The van der Waals surface area contributed by atoms with Gasteiger partial charge in [0.15, 0.2) is 0 Å². The molecule has 3 aromatic carbocycles. The molecular weight excluding hydrogens is 427 g/mol. The molecule has 0 unspecified atom stereocenters. The Balaban J connectivity index is 1.96. The summed E-state index contributed by atoms with van der Waals surface area (Å²) in [6.07, 6.45) is 3.49. The van der Waals surface area contributed by atoms with E-state index < -0.39 is 5.61 Å². The number of anilines is 1. The summed E-state index contributed by atoms with van der Waals surface area (Å²) in [6, 6.07) is 32.9. The minimum absolute atomic E-state index is 0.974. The number of hydrogen-bond acceptors (Lipinski definition) is 2. The molecule has 3 aromatic rings. The van der Waals surface area contributed by atoms with Gasteiger partial charge in [-0.2, -0.15) is 0 Å². The number of rotatable bonds is 6. The third kappa shape index (κ3) is 3.30. The van der Waals surface area contributed by atoms with Crippen molar-refractivity contribution >= 4 is 32.1 Å². The van der Waals surface area contributed by atoms with Crippen LogP contribution in [-0.2, 0) is 6.16 Å². The Bertz CT molecular complexity index is 900. The fraction of sp³-hybridized carbons (Fsp3) is 0.250. The van der Waals surface area contributed by atoms with Crippen molar-refractivity contribution < 1.29 is 0 Å². The predicted molar refractivity (Wildman–Crippen MR) is 128 cm³/mol. The molecule has 0 N–H and O–H groups in total. The van der Waals surface area contributed by atoms with Crippen molar-refractivity contribution in [3.8, 4) is 0 Å². The second-order valence-electron chi connectivity index (χ2n) is 7.58. The summed E-state index contributed by atoms with van der Waals surface area (Å²) >= 11 is 4.55. The molecule has 1 heterocycles. The number of halogens is 1. The first-order chi connectivity index (χ1) is 13.6. The van der Waals surface area contributed by atoms with Crippen LogP contribution in [0.15, 0.2) is 91.0 Å². The van der Waals surface area contributed by atoms with Gasteiger partial charge in [0.05, 0.1) is 0 Å². The zero-order valence-corrected chi connectivity index (χ0v) is 18.9. The van der Waals surface area contributed by atoms with Crippen LogP contribution in [0.4, 0.5) is 5.69 Å². The standard InChI is InChI=1S/C24H28BrN2P/c1-26(23-15-7-3-8-16-23)28(25,27-19-11-12-20-27,24-17-9-4-10-18-24)21-22-13-5-2-6-14-22/h2-10,13-18H,11-12,19-21H2,1H3. The third-order valence-electron chi connectivity index (χ3n) is 5.97. The van der Waals surface area contributed by atoms with E-state index in [0.29, 0.717) is 0 Å².